The van der Waals surface area contributed by atoms with E-state index in [1.165, 1.54) is 6.92 Å². The van der Waals surface area contributed by atoms with E-state index in [0.717, 1.165) is 11.8 Å². The molecule has 0 saturated heterocycles. The largest absolute Gasteiger partial charge is 0.298 e. The smallest absolute Gasteiger partial charge is 0.150 e. The molecule has 1 aromatic carbocycles. The Hall–Kier alpha value is -1.47. The van der Waals surface area contributed by atoms with Crippen molar-refractivity contribution in [2.24, 2.45) is 0 Å². The molecule has 0 heterocycles. The van der Waals surface area contributed by atoms with Gasteiger partial charge in [0.05, 0.1) is 17.3 Å². The Balaban J connectivity index is 3.22. The van der Waals surface area contributed by atoms with Crippen LogP contribution in [-0.4, -0.2) is 12.1 Å². The van der Waals surface area contributed by atoms with Crippen molar-refractivity contribution in [3.63, 3.8) is 0 Å². The third-order valence-corrected chi connectivity index (χ3v) is 3.34. The number of benzene rings is 1. The van der Waals surface area contributed by atoms with Crippen LogP contribution < -0.4 is 0 Å². The SMILES string of the molecule is CC(=O)C(Br)c1ccc(C=O)cc1CC#N. The zero-order valence-corrected chi connectivity index (χ0v) is 10.3. The van der Waals surface area contributed by atoms with E-state index in [1.807, 2.05) is 6.07 Å². The van der Waals surface area contributed by atoms with Gasteiger partial charge in [0, 0.05) is 5.56 Å². The lowest BCUT2D eigenvalue weighted by molar-refractivity contribution is -0.116. The molecular formula is C12H10BrNO2. The fourth-order valence-electron chi connectivity index (χ4n) is 1.40. The summed E-state index contributed by atoms with van der Waals surface area (Å²) < 4.78 is 0. The number of hydrogen-bond acceptors (Lipinski definition) is 3. The first-order valence-corrected chi connectivity index (χ1v) is 5.61. The summed E-state index contributed by atoms with van der Waals surface area (Å²) in [7, 11) is 0. The van der Waals surface area contributed by atoms with Gasteiger partial charge in [0.25, 0.3) is 0 Å². The van der Waals surface area contributed by atoms with Crippen LogP contribution in [0, 0.1) is 11.3 Å². The fraction of sp³-hybridized carbons (Fsp3) is 0.250. The van der Waals surface area contributed by atoms with Crippen LogP contribution in [0.25, 0.3) is 0 Å². The number of Topliss-reactive ketones (excluding diaryl/α,β-unsaturated/α-hetero) is 1. The molecule has 0 aliphatic heterocycles. The van der Waals surface area contributed by atoms with Crippen molar-refractivity contribution in [3.8, 4) is 6.07 Å². The van der Waals surface area contributed by atoms with Crippen molar-refractivity contribution >= 4 is 28.0 Å². The van der Waals surface area contributed by atoms with Crippen molar-refractivity contribution in [2.75, 3.05) is 0 Å². The van der Waals surface area contributed by atoms with Crippen LogP contribution in [0.2, 0.25) is 0 Å². The summed E-state index contributed by atoms with van der Waals surface area (Å²) in [4.78, 5) is 21.5. The second-order valence-electron chi connectivity index (χ2n) is 3.38. The summed E-state index contributed by atoms with van der Waals surface area (Å²) in [6.07, 6.45) is 0.911. The van der Waals surface area contributed by atoms with Gasteiger partial charge >= 0.3 is 0 Å². The molecule has 0 N–H and O–H groups in total. The normalized spacial score (nSPS) is 11.6. The average Bonchev–Trinajstić information content (AvgIpc) is 2.28. The van der Waals surface area contributed by atoms with E-state index in [9.17, 15) is 9.59 Å². The summed E-state index contributed by atoms with van der Waals surface area (Å²) in [6, 6.07) is 7.01. The van der Waals surface area contributed by atoms with Crippen LogP contribution in [-0.2, 0) is 11.2 Å². The van der Waals surface area contributed by atoms with Gasteiger partial charge in [-0.25, -0.2) is 0 Å². The van der Waals surface area contributed by atoms with Crippen molar-refractivity contribution in [1.29, 1.82) is 5.26 Å². The first-order valence-electron chi connectivity index (χ1n) is 4.69. The first kappa shape index (κ1) is 12.6. The van der Waals surface area contributed by atoms with Crippen LogP contribution in [0.15, 0.2) is 18.2 Å². The molecule has 0 bridgehead atoms. The van der Waals surface area contributed by atoms with E-state index in [2.05, 4.69) is 15.9 Å². The Morgan fingerprint density at radius 1 is 1.62 bits per heavy atom. The molecule has 1 rings (SSSR count). The number of carbonyl (C=O) groups is 2. The predicted molar refractivity (Wildman–Crippen MR) is 63.5 cm³/mol. The van der Waals surface area contributed by atoms with Gasteiger partial charge in [0.15, 0.2) is 0 Å². The zero-order chi connectivity index (χ0) is 12.1. The van der Waals surface area contributed by atoms with E-state index in [0.29, 0.717) is 11.1 Å². The minimum absolute atomic E-state index is 0.0296. The van der Waals surface area contributed by atoms with E-state index >= 15 is 0 Å². The number of nitriles is 1. The van der Waals surface area contributed by atoms with E-state index in [-0.39, 0.29) is 12.2 Å². The van der Waals surface area contributed by atoms with Crippen LogP contribution in [0.3, 0.4) is 0 Å². The lowest BCUT2D eigenvalue weighted by Gasteiger charge is -2.11. The minimum atomic E-state index is -0.420. The van der Waals surface area contributed by atoms with Crippen molar-refractivity contribution in [1.82, 2.24) is 0 Å². The predicted octanol–water partition coefficient (Wildman–Crippen LogP) is 2.59. The van der Waals surface area contributed by atoms with E-state index in [4.69, 9.17) is 5.26 Å². The summed E-state index contributed by atoms with van der Waals surface area (Å²) in [5, 5.41) is 8.69. The summed E-state index contributed by atoms with van der Waals surface area (Å²) >= 11 is 3.27. The number of aldehydes is 1. The molecule has 0 aliphatic rings. The molecule has 0 fully saturated rings. The molecule has 3 nitrogen and oxygen atoms in total. The highest BCUT2D eigenvalue weighted by Gasteiger charge is 2.16. The molecule has 0 radical (unpaired) electrons. The molecule has 0 aromatic heterocycles. The van der Waals surface area contributed by atoms with Crippen LogP contribution >= 0.6 is 15.9 Å². The van der Waals surface area contributed by atoms with Gasteiger partial charge in [-0.05, 0) is 24.1 Å². The monoisotopic (exact) mass is 279 g/mol. The maximum Gasteiger partial charge on any atom is 0.150 e. The Labute approximate surface area is 102 Å². The standard InChI is InChI=1S/C12H10BrNO2/c1-8(16)12(13)11-3-2-9(7-15)6-10(11)4-5-14/h2-3,6-7,12H,4H2,1H3. The summed E-state index contributed by atoms with van der Waals surface area (Å²) in [5.41, 5.74) is 1.97. The number of halogens is 1. The van der Waals surface area contributed by atoms with Gasteiger partial charge in [0.2, 0.25) is 0 Å². The minimum Gasteiger partial charge on any atom is -0.298 e. The Morgan fingerprint density at radius 3 is 2.81 bits per heavy atom. The number of nitrogens with zero attached hydrogens (tertiary/aromatic N) is 1. The molecule has 1 aromatic rings. The number of ketones is 1. The maximum absolute atomic E-state index is 11.3. The topological polar surface area (TPSA) is 57.9 Å². The average molecular weight is 280 g/mol. The van der Waals surface area contributed by atoms with Gasteiger partial charge in [-0.3, -0.25) is 9.59 Å². The van der Waals surface area contributed by atoms with Crippen molar-refractivity contribution < 1.29 is 9.59 Å². The second kappa shape index (κ2) is 5.57. The molecule has 0 spiro atoms. The fourth-order valence-corrected chi connectivity index (χ4v) is 1.85. The Kier molecular flexibility index (Phi) is 4.39. The van der Waals surface area contributed by atoms with Crippen LogP contribution in [0.1, 0.15) is 33.2 Å². The molecule has 1 atom stereocenters. The highest BCUT2D eigenvalue weighted by Crippen LogP contribution is 2.27. The summed E-state index contributed by atoms with van der Waals surface area (Å²) in [5.74, 6) is -0.0296. The molecule has 82 valence electrons. The third-order valence-electron chi connectivity index (χ3n) is 2.20. The van der Waals surface area contributed by atoms with Gasteiger partial charge in [-0.2, -0.15) is 5.26 Å². The molecule has 1 unspecified atom stereocenters. The van der Waals surface area contributed by atoms with E-state index in [1.54, 1.807) is 18.2 Å². The molecule has 4 heteroatoms. The third kappa shape index (κ3) is 2.77. The summed E-state index contributed by atoms with van der Waals surface area (Å²) in [6.45, 7) is 1.48. The molecule has 0 amide bonds. The second-order valence-corrected chi connectivity index (χ2v) is 4.30. The van der Waals surface area contributed by atoms with Gasteiger partial charge in [-0.15, -0.1) is 0 Å². The van der Waals surface area contributed by atoms with Crippen molar-refractivity contribution in [2.45, 2.75) is 18.2 Å². The van der Waals surface area contributed by atoms with Gasteiger partial charge in [0.1, 0.15) is 12.1 Å². The van der Waals surface area contributed by atoms with Crippen LogP contribution in [0.5, 0.6) is 0 Å². The Morgan fingerprint density at radius 2 is 2.31 bits per heavy atom. The zero-order valence-electron chi connectivity index (χ0n) is 8.74. The number of alkyl halides is 1. The molecule has 0 saturated carbocycles. The van der Waals surface area contributed by atoms with E-state index < -0.39 is 4.83 Å². The van der Waals surface area contributed by atoms with Crippen molar-refractivity contribution in [3.05, 3.63) is 34.9 Å². The highest BCUT2D eigenvalue weighted by molar-refractivity contribution is 9.09. The van der Waals surface area contributed by atoms with Crippen LogP contribution in [0.4, 0.5) is 0 Å². The number of carbonyl (C=O) groups excluding carboxylic acids is 2. The van der Waals surface area contributed by atoms with Gasteiger partial charge in [-0.1, -0.05) is 28.1 Å². The first-order chi connectivity index (χ1) is 7.60. The number of rotatable bonds is 4. The number of hydrogen-bond donors (Lipinski definition) is 0. The highest BCUT2D eigenvalue weighted by atomic mass is 79.9. The molecule has 0 aliphatic carbocycles. The van der Waals surface area contributed by atoms with Gasteiger partial charge < -0.3 is 0 Å². The Bertz CT molecular complexity index is 463. The maximum atomic E-state index is 11.3. The lowest BCUT2D eigenvalue weighted by atomic mass is 9.98. The quantitative estimate of drug-likeness (QED) is 0.629. The molecular weight excluding hydrogens is 270 g/mol. The lowest BCUT2D eigenvalue weighted by Crippen LogP contribution is -2.05. The molecule has 16 heavy (non-hydrogen) atoms.